The predicted octanol–water partition coefficient (Wildman–Crippen LogP) is 0.927. The average Bonchev–Trinajstić information content (AvgIpc) is 2.72. The molecular weight excluding hydrogens is 282 g/mol. The molecule has 0 amide bonds. The summed E-state index contributed by atoms with van der Waals surface area (Å²) in [7, 11) is 0. The number of nitrogens with one attached hydrogen (secondary N) is 3. The van der Waals surface area contributed by atoms with Crippen molar-refractivity contribution in [2.24, 2.45) is 27.7 Å². The zero-order valence-electron chi connectivity index (χ0n) is 13.2. The van der Waals surface area contributed by atoms with Gasteiger partial charge in [0.2, 0.25) is 0 Å². The van der Waals surface area contributed by atoms with Crippen LogP contribution in [-0.4, -0.2) is 53.6 Å². The zero-order valence-corrected chi connectivity index (χ0v) is 13.2. The summed E-state index contributed by atoms with van der Waals surface area (Å²) < 4.78 is 0. The first-order chi connectivity index (χ1) is 10.3. The molecule has 9 heteroatoms. The molecule has 2 heterocycles. The first-order valence-electron chi connectivity index (χ1n) is 7.33. The Morgan fingerprint density at radius 2 is 2.27 bits per heavy atom. The molecule has 4 atom stereocenters. The molecular formula is C13H23N9. The standard InChI is InChI=1S/C13H23N9/c1-7-6-22-12(16)20-9(4-19-21-17)8(2)13(22,3)11(7)18-5-10(14)15/h7-9H,4-6H2,1-3H3,(H3,14,15)(H2,16,20)/b18-11-/t7?,8-,9?,13-/m0/s1. The summed E-state index contributed by atoms with van der Waals surface area (Å²) in [5.74, 6) is 0.651. The van der Waals surface area contributed by atoms with Crippen LogP contribution in [0.1, 0.15) is 20.8 Å². The maximum absolute atomic E-state index is 8.55. The second-order valence-electron chi connectivity index (χ2n) is 6.19. The molecule has 120 valence electrons. The second kappa shape index (κ2) is 5.84. The molecule has 0 aromatic heterocycles. The Bertz CT molecular complexity index is 562. The van der Waals surface area contributed by atoms with Gasteiger partial charge in [0.05, 0.1) is 12.1 Å². The number of rotatable bonds is 4. The molecule has 2 fully saturated rings. The first-order valence-corrected chi connectivity index (χ1v) is 7.33. The summed E-state index contributed by atoms with van der Waals surface area (Å²) in [5.41, 5.74) is 14.5. The molecule has 0 radical (unpaired) electrons. The van der Waals surface area contributed by atoms with Crippen LogP contribution in [0, 0.1) is 22.7 Å². The van der Waals surface area contributed by atoms with E-state index in [1.54, 1.807) is 0 Å². The summed E-state index contributed by atoms with van der Waals surface area (Å²) >= 11 is 0. The van der Waals surface area contributed by atoms with Crippen molar-refractivity contribution < 1.29 is 0 Å². The Labute approximate surface area is 129 Å². The number of nitrogens with two attached hydrogens (primary N) is 1. The average molecular weight is 305 g/mol. The summed E-state index contributed by atoms with van der Waals surface area (Å²) in [6.45, 7) is 7.39. The van der Waals surface area contributed by atoms with Gasteiger partial charge in [0.1, 0.15) is 5.84 Å². The third kappa shape index (κ3) is 2.48. The van der Waals surface area contributed by atoms with Crippen LogP contribution in [0.2, 0.25) is 0 Å². The lowest BCUT2D eigenvalue weighted by atomic mass is 9.75. The number of hydrogen-bond acceptors (Lipinski definition) is 4. The Balaban J connectivity index is 2.39. The third-order valence-electron chi connectivity index (χ3n) is 4.85. The fraction of sp³-hybridized carbons (Fsp3) is 0.769. The highest BCUT2D eigenvalue weighted by Crippen LogP contribution is 2.40. The van der Waals surface area contributed by atoms with Crippen molar-refractivity contribution in [3.8, 4) is 0 Å². The Hall–Kier alpha value is -2.28. The van der Waals surface area contributed by atoms with Gasteiger partial charge in [-0.1, -0.05) is 19.0 Å². The summed E-state index contributed by atoms with van der Waals surface area (Å²) in [6, 6.07) is -0.113. The molecule has 0 bridgehead atoms. The van der Waals surface area contributed by atoms with Crippen molar-refractivity contribution >= 4 is 17.5 Å². The molecule has 2 unspecified atom stereocenters. The largest absolute Gasteiger partial charge is 0.386 e. The molecule has 2 aliphatic rings. The van der Waals surface area contributed by atoms with E-state index in [1.807, 2.05) is 4.90 Å². The van der Waals surface area contributed by atoms with Gasteiger partial charge < -0.3 is 16.0 Å². The fourth-order valence-corrected chi connectivity index (χ4v) is 3.57. The van der Waals surface area contributed by atoms with Crippen LogP contribution < -0.4 is 11.1 Å². The quantitative estimate of drug-likeness (QED) is 0.201. The number of aliphatic imine (C=N–C) groups is 1. The summed E-state index contributed by atoms with van der Waals surface area (Å²) in [4.78, 5) is 9.38. The number of amidine groups is 1. The van der Waals surface area contributed by atoms with Crippen molar-refractivity contribution in [1.82, 2.24) is 10.2 Å². The Morgan fingerprint density at radius 1 is 1.59 bits per heavy atom. The predicted molar refractivity (Wildman–Crippen MR) is 86.3 cm³/mol. The van der Waals surface area contributed by atoms with Crippen molar-refractivity contribution in [1.29, 1.82) is 10.8 Å². The van der Waals surface area contributed by atoms with Gasteiger partial charge in [0.15, 0.2) is 5.96 Å². The van der Waals surface area contributed by atoms with E-state index < -0.39 is 5.54 Å². The number of nitrogens with zero attached hydrogens (tertiary/aromatic N) is 5. The molecule has 2 aliphatic heterocycles. The lowest BCUT2D eigenvalue weighted by Gasteiger charge is -2.50. The van der Waals surface area contributed by atoms with E-state index in [0.29, 0.717) is 12.5 Å². The van der Waals surface area contributed by atoms with Crippen LogP contribution in [0.15, 0.2) is 10.1 Å². The number of fused-ring (bicyclic) bond motifs is 1. The lowest BCUT2D eigenvalue weighted by Crippen LogP contribution is -2.68. The van der Waals surface area contributed by atoms with E-state index >= 15 is 0 Å². The van der Waals surface area contributed by atoms with Crippen molar-refractivity contribution in [3.05, 3.63) is 10.4 Å². The minimum atomic E-state index is -0.424. The number of azide groups is 1. The third-order valence-corrected chi connectivity index (χ3v) is 4.85. The van der Waals surface area contributed by atoms with Crippen molar-refractivity contribution in [2.75, 3.05) is 19.6 Å². The topological polar surface area (TPSA) is 150 Å². The fourth-order valence-electron chi connectivity index (χ4n) is 3.57. The van der Waals surface area contributed by atoms with Crippen LogP contribution in [0.4, 0.5) is 0 Å². The molecule has 5 N–H and O–H groups in total. The van der Waals surface area contributed by atoms with E-state index in [0.717, 1.165) is 5.71 Å². The van der Waals surface area contributed by atoms with Crippen LogP contribution in [-0.2, 0) is 0 Å². The SMILES string of the molecule is CC1CN2C(=N)NC(CN=[N+]=[N-])[C@H](C)[C@@]2(C)/C1=N\CC(=N)N. The van der Waals surface area contributed by atoms with E-state index in [2.05, 4.69) is 41.1 Å². The van der Waals surface area contributed by atoms with Gasteiger partial charge in [-0.3, -0.25) is 15.8 Å². The molecule has 0 aromatic rings. The molecule has 2 rings (SSSR count). The minimum absolute atomic E-state index is 0.0315. The van der Waals surface area contributed by atoms with E-state index in [9.17, 15) is 0 Å². The van der Waals surface area contributed by atoms with Crippen LogP contribution in [0.3, 0.4) is 0 Å². The van der Waals surface area contributed by atoms with Crippen LogP contribution in [0.5, 0.6) is 0 Å². The van der Waals surface area contributed by atoms with Gasteiger partial charge in [-0.2, -0.15) is 0 Å². The number of hydrogen-bond donors (Lipinski definition) is 4. The van der Waals surface area contributed by atoms with Gasteiger partial charge in [-0.25, -0.2) is 0 Å². The molecule has 22 heavy (non-hydrogen) atoms. The lowest BCUT2D eigenvalue weighted by molar-refractivity contribution is 0.152. The normalized spacial score (nSPS) is 35.8. The van der Waals surface area contributed by atoms with Crippen molar-refractivity contribution in [3.63, 3.8) is 0 Å². The van der Waals surface area contributed by atoms with Gasteiger partial charge in [-0.15, -0.1) is 0 Å². The maximum Gasteiger partial charge on any atom is 0.192 e. The zero-order chi connectivity index (χ0) is 16.5. The highest BCUT2D eigenvalue weighted by molar-refractivity contribution is 6.03. The highest BCUT2D eigenvalue weighted by atomic mass is 15.4. The molecule has 0 spiro atoms. The van der Waals surface area contributed by atoms with Gasteiger partial charge in [0.25, 0.3) is 0 Å². The highest BCUT2D eigenvalue weighted by Gasteiger charge is 2.55. The summed E-state index contributed by atoms with van der Waals surface area (Å²) in [5, 5.41) is 22.4. The minimum Gasteiger partial charge on any atom is -0.386 e. The van der Waals surface area contributed by atoms with E-state index in [1.165, 1.54) is 0 Å². The van der Waals surface area contributed by atoms with E-state index in [-0.39, 0.29) is 36.8 Å². The van der Waals surface area contributed by atoms with Gasteiger partial charge in [-0.05, 0) is 12.5 Å². The molecule has 0 saturated carbocycles. The maximum atomic E-state index is 8.55. The van der Waals surface area contributed by atoms with Crippen LogP contribution >= 0.6 is 0 Å². The number of guanidine groups is 1. The monoisotopic (exact) mass is 305 g/mol. The molecule has 2 saturated heterocycles. The molecule has 0 aromatic carbocycles. The van der Waals surface area contributed by atoms with Gasteiger partial charge >= 0.3 is 0 Å². The smallest absolute Gasteiger partial charge is 0.192 e. The summed E-state index contributed by atoms with van der Waals surface area (Å²) in [6.07, 6.45) is 0. The van der Waals surface area contributed by atoms with E-state index in [4.69, 9.17) is 22.1 Å². The van der Waals surface area contributed by atoms with Crippen LogP contribution in [0.25, 0.3) is 10.4 Å². The first kappa shape index (κ1) is 16.1. The van der Waals surface area contributed by atoms with Gasteiger partial charge in [0, 0.05) is 41.6 Å². The molecule has 0 aliphatic carbocycles. The second-order valence-corrected chi connectivity index (χ2v) is 6.19. The molecule has 9 nitrogen and oxygen atoms in total. The Morgan fingerprint density at radius 3 is 2.86 bits per heavy atom. The Kier molecular flexibility index (Phi) is 4.27. The van der Waals surface area contributed by atoms with Crippen molar-refractivity contribution in [2.45, 2.75) is 32.4 Å².